The van der Waals surface area contributed by atoms with Gasteiger partial charge in [0.15, 0.2) is 5.96 Å². The van der Waals surface area contributed by atoms with Crippen molar-refractivity contribution in [1.29, 1.82) is 0 Å². The standard InChI is InChI=1S/C20H32N4O2/c1-3-15-6-5-7-17(14-15)24-20(21-4-2)23-13-12-22-19(26)16-8-10-18(25)11-9-16/h8-11,15,17,25H,3-7,12-14H2,1-2H3,(H,22,26)(H2,21,23,24). The van der Waals surface area contributed by atoms with Crippen molar-refractivity contribution in [2.75, 3.05) is 19.6 Å². The van der Waals surface area contributed by atoms with Gasteiger partial charge in [-0.05, 0) is 49.9 Å². The Morgan fingerprint density at radius 2 is 1.96 bits per heavy atom. The maximum absolute atomic E-state index is 12.0. The van der Waals surface area contributed by atoms with Crippen molar-refractivity contribution in [2.24, 2.45) is 10.9 Å². The first-order valence-corrected chi connectivity index (χ1v) is 9.74. The second-order valence-electron chi connectivity index (χ2n) is 6.85. The lowest BCUT2D eigenvalue weighted by atomic mass is 9.84. The number of benzene rings is 1. The number of carbonyl (C=O) groups is 1. The molecule has 4 N–H and O–H groups in total. The normalized spacial score (nSPS) is 20.5. The summed E-state index contributed by atoms with van der Waals surface area (Å²) in [6.45, 7) is 6.12. The van der Waals surface area contributed by atoms with Crippen LogP contribution >= 0.6 is 0 Å². The molecule has 144 valence electrons. The topological polar surface area (TPSA) is 85.8 Å². The van der Waals surface area contributed by atoms with Crippen molar-refractivity contribution in [3.8, 4) is 5.75 Å². The molecule has 1 saturated carbocycles. The number of phenolic OH excluding ortho intramolecular Hbond substituents is 1. The van der Waals surface area contributed by atoms with Crippen molar-refractivity contribution < 1.29 is 9.90 Å². The third-order valence-electron chi connectivity index (χ3n) is 4.84. The van der Waals surface area contributed by atoms with Crippen LogP contribution < -0.4 is 16.0 Å². The molecule has 1 aliphatic rings. The molecule has 2 unspecified atom stereocenters. The molecule has 1 fully saturated rings. The van der Waals surface area contributed by atoms with Crippen LogP contribution in [0.15, 0.2) is 29.3 Å². The van der Waals surface area contributed by atoms with Crippen LogP contribution in [0.4, 0.5) is 0 Å². The van der Waals surface area contributed by atoms with Crippen LogP contribution in [0.1, 0.15) is 56.3 Å². The molecule has 2 rings (SSSR count). The number of rotatable bonds is 7. The first kappa shape index (κ1) is 20.1. The van der Waals surface area contributed by atoms with E-state index in [0.717, 1.165) is 18.4 Å². The fourth-order valence-corrected chi connectivity index (χ4v) is 3.36. The van der Waals surface area contributed by atoms with E-state index >= 15 is 0 Å². The zero-order chi connectivity index (χ0) is 18.8. The minimum absolute atomic E-state index is 0.153. The fourth-order valence-electron chi connectivity index (χ4n) is 3.36. The second-order valence-corrected chi connectivity index (χ2v) is 6.85. The molecule has 6 heteroatoms. The molecular weight excluding hydrogens is 328 g/mol. The summed E-state index contributed by atoms with van der Waals surface area (Å²) >= 11 is 0. The van der Waals surface area contributed by atoms with Crippen LogP contribution in [0.3, 0.4) is 0 Å². The van der Waals surface area contributed by atoms with Crippen LogP contribution in [0, 0.1) is 5.92 Å². The predicted octanol–water partition coefficient (Wildman–Crippen LogP) is 2.65. The maximum Gasteiger partial charge on any atom is 0.251 e. The van der Waals surface area contributed by atoms with E-state index in [1.54, 1.807) is 12.1 Å². The predicted molar refractivity (Wildman–Crippen MR) is 106 cm³/mol. The number of carbonyl (C=O) groups excluding carboxylic acids is 1. The van der Waals surface area contributed by atoms with Crippen molar-refractivity contribution >= 4 is 11.9 Å². The van der Waals surface area contributed by atoms with Crippen molar-refractivity contribution in [3.63, 3.8) is 0 Å². The summed E-state index contributed by atoms with van der Waals surface area (Å²) in [5.74, 6) is 1.64. The van der Waals surface area contributed by atoms with Crippen molar-refractivity contribution in [2.45, 2.75) is 52.0 Å². The highest BCUT2D eigenvalue weighted by Crippen LogP contribution is 2.26. The third-order valence-corrected chi connectivity index (χ3v) is 4.84. The zero-order valence-electron chi connectivity index (χ0n) is 15.9. The van der Waals surface area contributed by atoms with E-state index < -0.39 is 0 Å². The lowest BCUT2D eigenvalue weighted by Crippen LogP contribution is -2.45. The molecule has 6 nitrogen and oxygen atoms in total. The molecule has 0 saturated heterocycles. The average Bonchev–Trinajstić information content (AvgIpc) is 2.66. The Balaban J connectivity index is 1.79. The highest BCUT2D eigenvalue weighted by Gasteiger charge is 2.21. The summed E-state index contributed by atoms with van der Waals surface area (Å²) in [5.41, 5.74) is 0.532. The Bertz CT molecular complexity index is 586. The van der Waals surface area contributed by atoms with Crippen LogP contribution in [0.2, 0.25) is 0 Å². The van der Waals surface area contributed by atoms with Gasteiger partial charge in [-0.1, -0.05) is 26.2 Å². The summed E-state index contributed by atoms with van der Waals surface area (Å²) in [4.78, 5) is 16.6. The van der Waals surface area contributed by atoms with Crippen LogP contribution in [0.25, 0.3) is 0 Å². The van der Waals surface area contributed by atoms with Crippen LogP contribution in [0.5, 0.6) is 5.75 Å². The first-order chi connectivity index (χ1) is 12.6. The zero-order valence-corrected chi connectivity index (χ0v) is 15.9. The second kappa shape index (κ2) is 10.7. The molecule has 26 heavy (non-hydrogen) atoms. The van der Waals surface area contributed by atoms with Gasteiger partial charge in [0.2, 0.25) is 0 Å². The molecule has 1 amide bonds. The van der Waals surface area contributed by atoms with Crippen LogP contribution in [-0.2, 0) is 0 Å². The average molecular weight is 361 g/mol. The Hall–Kier alpha value is -2.24. The summed E-state index contributed by atoms with van der Waals surface area (Å²) in [6.07, 6.45) is 6.26. The largest absolute Gasteiger partial charge is 0.508 e. The summed E-state index contributed by atoms with van der Waals surface area (Å²) < 4.78 is 0. The fraction of sp³-hybridized carbons (Fsp3) is 0.600. The molecule has 0 radical (unpaired) electrons. The monoisotopic (exact) mass is 360 g/mol. The molecule has 0 aromatic heterocycles. The molecule has 0 heterocycles. The summed E-state index contributed by atoms with van der Waals surface area (Å²) in [6, 6.07) is 6.71. The van der Waals surface area contributed by atoms with Gasteiger partial charge >= 0.3 is 0 Å². The van der Waals surface area contributed by atoms with E-state index in [1.807, 2.05) is 0 Å². The molecule has 2 atom stereocenters. The first-order valence-electron chi connectivity index (χ1n) is 9.74. The SMILES string of the molecule is CCNC(=NCCNC(=O)c1ccc(O)cc1)NC1CCCC(CC)C1. The van der Waals surface area contributed by atoms with Gasteiger partial charge in [-0.25, -0.2) is 0 Å². The highest BCUT2D eigenvalue weighted by atomic mass is 16.3. The Kier molecular flexibility index (Phi) is 8.25. The number of nitrogens with zero attached hydrogens (tertiary/aromatic N) is 1. The third kappa shape index (κ3) is 6.58. The van der Waals surface area contributed by atoms with E-state index in [9.17, 15) is 9.90 Å². The number of guanidine groups is 1. The number of amides is 1. The Morgan fingerprint density at radius 1 is 1.19 bits per heavy atom. The van der Waals surface area contributed by atoms with E-state index in [-0.39, 0.29) is 11.7 Å². The van der Waals surface area contributed by atoms with E-state index in [1.165, 1.54) is 44.2 Å². The smallest absolute Gasteiger partial charge is 0.251 e. The molecule has 0 aliphatic heterocycles. The van der Waals surface area contributed by atoms with Gasteiger partial charge in [-0.2, -0.15) is 0 Å². The van der Waals surface area contributed by atoms with Gasteiger partial charge in [0.05, 0.1) is 6.54 Å². The van der Waals surface area contributed by atoms with Gasteiger partial charge in [0.1, 0.15) is 5.75 Å². The van der Waals surface area contributed by atoms with Crippen molar-refractivity contribution in [1.82, 2.24) is 16.0 Å². The molecule has 0 bridgehead atoms. The molecule has 1 aliphatic carbocycles. The van der Waals surface area contributed by atoms with Gasteiger partial charge in [0.25, 0.3) is 5.91 Å². The van der Waals surface area contributed by atoms with Gasteiger partial charge < -0.3 is 21.1 Å². The summed E-state index contributed by atoms with van der Waals surface area (Å²) in [5, 5.41) is 19.0. The maximum atomic E-state index is 12.0. The minimum atomic E-state index is -0.156. The quantitative estimate of drug-likeness (QED) is 0.342. The lowest BCUT2D eigenvalue weighted by Gasteiger charge is -2.30. The van der Waals surface area contributed by atoms with Crippen LogP contribution in [-0.4, -0.2) is 42.6 Å². The number of phenols is 1. The van der Waals surface area contributed by atoms with E-state index in [2.05, 4.69) is 34.8 Å². The lowest BCUT2D eigenvalue weighted by molar-refractivity contribution is 0.0955. The number of nitrogens with one attached hydrogen (secondary N) is 3. The summed E-state index contributed by atoms with van der Waals surface area (Å²) in [7, 11) is 0. The van der Waals surface area contributed by atoms with Gasteiger partial charge in [0, 0.05) is 24.7 Å². The van der Waals surface area contributed by atoms with E-state index in [4.69, 9.17) is 0 Å². The Labute approximate surface area is 156 Å². The minimum Gasteiger partial charge on any atom is -0.508 e. The number of aliphatic imine (C=N–C) groups is 1. The molecule has 0 spiro atoms. The Morgan fingerprint density at radius 3 is 2.65 bits per heavy atom. The van der Waals surface area contributed by atoms with Gasteiger partial charge in [-0.3, -0.25) is 9.79 Å². The van der Waals surface area contributed by atoms with Gasteiger partial charge in [-0.15, -0.1) is 0 Å². The number of aromatic hydroxyl groups is 1. The van der Waals surface area contributed by atoms with Crippen molar-refractivity contribution in [3.05, 3.63) is 29.8 Å². The number of hydrogen-bond donors (Lipinski definition) is 4. The molecule has 1 aromatic carbocycles. The highest BCUT2D eigenvalue weighted by molar-refractivity contribution is 5.94. The van der Waals surface area contributed by atoms with E-state index in [0.29, 0.717) is 24.7 Å². The molecule has 1 aromatic rings. The number of hydrogen-bond acceptors (Lipinski definition) is 3. The molecular formula is C20H32N4O2.